The normalized spacial score (nSPS) is 11.6. The topological polar surface area (TPSA) is 131 Å². The lowest BCUT2D eigenvalue weighted by atomic mass is 10.0. The number of anilines is 1. The summed E-state index contributed by atoms with van der Waals surface area (Å²) in [6, 6.07) is 8.71. The number of nitrogens with zero attached hydrogens (tertiary/aromatic N) is 1. The van der Waals surface area contributed by atoms with E-state index in [0.29, 0.717) is 41.7 Å². The van der Waals surface area contributed by atoms with Crippen molar-refractivity contribution in [2.75, 3.05) is 40.3 Å². The van der Waals surface area contributed by atoms with Gasteiger partial charge in [0.05, 0.1) is 45.0 Å². The molecule has 0 radical (unpaired) electrons. The van der Waals surface area contributed by atoms with Gasteiger partial charge in [0.15, 0.2) is 11.5 Å². The first-order valence-electron chi connectivity index (χ1n) is 11.2. The molecule has 1 heterocycles. The van der Waals surface area contributed by atoms with Crippen molar-refractivity contribution in [1.29, 1.82) is 0 Å². The zero-order valence-electron chi connectivity index (χ0n) is 20.4. The maximum atomic E-state index is 12.7. The third-order valence-electron chi connectivity index (χ3n) is 5.57. The minimum atomic E-state index is -0.632. The molecule has 0 saturated heterocycles. The Labute approximate surface area is 209 Å². The Morgan fingerprint density at radius 2 is 1.66 bits per heavy atom. The molecule has 2 aromatic carbocycles. The molecule has 0 aliphatic rings. The Bertz CT molecular complexity index is 1130. The van der Waals surface area contributed by atoms with Crippen LogP contribution in [0.4, 0.5) is 5.69 Å². The van der Waals surface area contributed by atoms with Gasteiger partial charge in [-0.15, -0.1) is 0 Å². The fourth-order valence-electron chi connectivity index (χ4n) is 3.70. The van der Waals surface area contributed by atoms with Crippen molar-refractivity contribution in [3.63, 3.8) is 0 Å². The molecule has 1 aromatic heterocycles. The third-order valence-corrected chi connectivity index (χ3v) is 6.42. The molecule has 1 amide bonds. The van der Waals surface area contributed by atoms with E-state index in [2.05, 4.69) is 9.69 Å². The molecule has 0 aliphatic carbocycles. The van der Waals surface area contributed by atoms with Crippen LogP contribution in [-0.2, 0) is 4.79 Å². The van der Waals surface area contributed by atoms with Gasteiger partial charge in [0.2, 0.25) is 11.7 Å². The fraction of sp³-hybridized carbons (Fsp3) is 0.360. The predicted octanol–water partition coefficient (Wildman–Crippen LogP) is 3.91. The molecule has 0 aliphatic heterocycles. The monoisotopic (exact) mass is 500 g/mol. The number of hydrogen-bond donors (Lipinski definition) is 3. The average Bonchev–Trinajstić information content (AvgIpc) is 3.37. The smallest absolute Gasteiger partial charge is 0.241 e. The summed E-state index contributed by atoms with van der Waals surface area (Å²) in [5.74, 6) is 1.88. The van der Waals surface area contributed by atoms with Crippen LogP contribution in [0.25, 0.3) is 21.6 Å². The summed E-state index contributed by atoms with van der Waals surface area (Å²) in [6.45, 7) is 0.577. The van der Waals surface area contributed by atoms with Crippen LogP contribution in [0.3, 0.4) is 0 Å². The van der Waals surface area contributed by atoms with E-state index in [0.717, 1.165) is 34.4 Å². The van der Waals surface area contributed by atoms with E-state index in [1.807, 2.05) is 30.3 Å². The SMILES string of the molecule is COc1ccc(-c2cnsc2-c2cc(OC)c(OC)c(OC)c2)cc1NC(=O)[C@H](N)CCCCN. The molecule has 35 heavy (non-hydrogen) atoms. The number of aromatic nitrogens is 1. The van der Waals surface area contributed by atoms with Crippen molar-refractivity contribution in [3.8, 4) is 44.6 Å². The van der Waals surface area contributed by atoms with E-state index >= 15 is 0 Å². The number of amides is 1. The molecule has 5 N–H and O–H groups in total. The van der Waals surface area contributed by atoms with Gasteiger partial charge in [0.1, 0.15) is 5.75 Å². The first-order chi connectivity index (χ1) is 17.0. The van der Waals surface area contributed by atoms with Crippen LogP contribution in [-0.4, -0.2) is 51.3 Å². The van der Waals surface area contributed by atoms with Crippen LogP contribution >= 0.6 is 11.5 Å². The quantitative estimate of drug-likeness (QED) is 0.319. The lowest BCUT2D eigenvalue weighted by molar-refractivity contribution is -0.117. The van der Waals surface area contributed by atoms with E-state index in [1.165, 1.54) is 11.5 Å². The van der Waals surface area contributed by atoms with Crippen molar-refractivity contribution in [2.45, 2.75) is 25.3 Å². The molecule has 1 atom stereocenters. The zero-order valence-corrected chi connectivity index (χ0v) is 21.2. The summed E-state index contributed by atoms with van der Waals surface area (Å²) in [5.41, 5.74) is 14.7. The van der Waals surface area contributed by atoms with Crippen LogP contribution in [0.1, 0.15) is 19.3 Å². The molecule has 0 bridgehead atoms. The zero-order chi connectivity index (χ0) is 25.4. The van der Waals surface area contributed by atoms with Gasteiger partial charge in [-0.3, -0.25) is 4.79 Å². The second kappa shape index (κ2) is 12.4. The minimum absolute atomic E-state index is 0.272. The highest BCUT2D eigenvalue weighted by atomic mass is 32.1. The summed E-state index contributed by atoms with van der Waals surface area (Å²) in [5, 5.41) is 2.91. The molecule has 3 aromatic rings. The third kappa shape index (κ3) is 6.02. The van der Waals surface area contributed by atoms with Crippen LogP contribution in [0, 0.1) is 0 Å². The lowest BCUT2D eigenvalue weighted by Crippen LogP contribution is -2.35. The molecule has 0 spiro atoms. The molecular weight excluding hydrogens is 468 g/mol. The molecule has 3 rings (SSSR count). The molecule has 0 fully saturated rings. The van der Waals surface area contributed by atoms with Gasteiger partial charge in [-0.1, -0.05) is 12.5 Å². The van der Waals surface area contributed by atoms with Gasteiger partial charge in [0.25, 0.3) is 0 Å². The average molecular weight is 501 g/mol. The standard InChI is InChI=1S/C25H32N4O5S/c1-31-20-9-8-15(11-19(20)29-25(30)18(27)7-5-6-10-26)17-14-28-35-24(17)16-12-21(32-2)23(34-4)22(13-16)33-3/h8-9,11-14,18H,5-7,10,26-27H2,1-4H3,(H,29,30)/t18-/m1/s1. The number of carbonyl (C=O) groups is 1. The second-order valence-corrected chi connectivity index (χ2v) is 8.58. The number of methoxy groups -OCH3 is 4. The van der Waals surface area contributed by atoms with Gasteiger partial charge in [0, 0.05) is 17.3 Å². The summed E-state index contributed by atoms with van der Waals surface area (Å²) in [4.78, 5) is 13.6. The van der Waals surface area contributed by atoms with Crippen molar-refractivity contribution in [1.82, 2.24) is 4.37 Å². The molecule has 0 unspecified atom stereocenters. The summed E-state index contributed by atoms with van der Waals surface area (Å²) >= 11 is 1.34. The van der Waals surface area contributed by atoms with Crippen LogP contribution in [0.15, 0.2) is 36.5 Å². The predicted molar refractivity (Wildman–Crippen MR) is 139 cm³/mol. The summed E-state index contributed by atoms with van der Waals surface area (Å²) in [6.07, 6.45) is 3.97. The highest BCUT2D eigenvalue weighted by Gasteiger charge is 2.20. The van der Waals surface area contributed by atoms with E-state index in [9.17, 15) is 4.79 Å². The van der Waals surface area contributed by atoms with Crippen molar-refractivity contribution < 1.29 is 23.7 Å². The number of carbonyl (C=O) groups excluding carboxylic acids is 1. The number of nitrogens with one attached hydrogen (secondary N) is 1. The maximum absolute atomic E-state index is 12.7. The summed E-state index contributed by atoms with van der Waals surface area (Å²) in [7, 11) is 6.27. The van der Waals surface area contributed by atoms with Gasteiger partial charge < -0.3 is 35.7 Å². The van der Waals surface area contributed by atoms with E-state index in [1.54, 1.807) is 34.6 Å². The van der Waals surface area contributed by atoms with Crippen LogP contribution in [0.2, 0.25) is 0 Å². The highest BCUT2D eigenvalue weighted by molar-refractivity contribution is 7.10. The van der Waals surface area contributed by atoms with Crippen molar-refractivity contribution in [3.05, 3.63) is 36.5 Å². The van der Waals surface area contributed by atoms with Crippen LogP contribution < -0.4 is 35.7 Å². The number of nitrogens with two attached hydrogens (primary N) is 2. The van der Waals surface area contributed by atoms with Gasteiger partial charge in [-0.25, -0.2) is 0 Å². The largest absolute Gasteiger partial charge is 0.495 e. The van der Waals surface area contributed by atoms with Crippen molar-refractivity contribution in [2.24, 2.45) is 11.5 Å². The fourth-order valence-corrected chi connectivity index (χ4v) is 4.46. The van der Waals surface area contributed by atoms with Crippen molar-refractivity contribution >= 4 is 23.1 Å². The molecule has 10 heteroatoms. The second-order valence-electron chi connectivity index (χ2n) is 7.78. The Morgan fingerprint density at radius 3 is 2.26 bits per heavy atom. The molecular formula is C25H32N4O5S. The van der Waals surface area contributed by atoms with Gasteiger partial charge >= 0.3 is 0 Å². The van der Waals surface area contributed by atoms with E-state index in [4.69, 9.17) is 30.4 Å². The minimum Gasteiger partial charge on any atom is -0.495 e. The van der Waals surface area contributed by atoms with Gasteiger partial charge in [-0.2, -0.15) is 4.37 Å². The molecule has 188 valence electrons. The number of benzene rings is 2. The maximum Gasteiger partial charge on any atom is 0.241 e. The highest BCUT2D eigenvalue weighted by Crippen LogP contribution is 2.45. The lowest BCUT2D eigenvalue weighted by Gasteiger charge is -2.16. The first kappa shape index (κ1) is 26.3. The Kier molecular flexibility index (Phi) is 9.30. The number of ether oxygens (including phenoxy) is 4. The van der Waals surface area contributed by atoms with Crippen LogP contribution in [0.5, 0.6) is 23.0 Å². The number of hydrogen-bond acceptors (Lipinski definition) is 9. The van der Waals surface area contributed by atoms with E-state index in [-0.39, 0.29) is 5.91 Å². The van der Waals surface area contributed by atoms with E-state index < -0.39 is 6.04 Å². The Balaban J connectivity index is 1.96. The molecule has 0 saturated carbocycles. The Hall–Kier alpha value is -3.34. The number of rotatable bonds is 12. The summed E-state index contributed by atoms with van der Waals surface area (Å²) < 4.78 is 26.3. The number of unbranched alkanes of at least 4 members (excludes halogenated alkanes) is 1. The molecule has 9 nitrogen and oxygen atoms in total. The Morgan fingerprint density at radius 1 is 0.971 bits per heavy atom. The van der Waals surface area contributed by atoms with Gasteiger partial charge in [-0.05, 0) is 60.7 Å². The first-order valence-corrected chi connectivity index (χ1v) is 11.9.